The summed E-state index contributed by atoms with van der Waals surface area (Å²) in [6, 6.07) is 4.41. The molecule has 0 radical (unpaired) electrons. The Morgan fingerprint density at radius 1 is 1.19 bits per heavy atom. The molecule has 11 heteroatoms. The van der Waals surface area contributed by atoms with Gasteiger partial charge in [0.1, 0.15) is 5.82 Å². The van der Waals surface area contributed by atoms with Gasteiger partial charge in [-0.15, -0.1) is 0 Å². The molecular formula is C20H23ClF3N5O2. The molecule has 1 aromatic carbocycles. The number of likely N-dealkylation sites (tertiary alicyclic amines) is 1. The molecule has 2 aromatic rings. The minimum Gasteiger partial charge on any atom is -0.331 e. The van der Waals surface area contributed by atoms with Gasteiger partial charge in [0.2, 0.25) is 5.91 Å². The minimum absolute atomic E-state index is 0.0197. The fourth-order valence-corrected chi connectivity index (χ4v) is 3.67. The number of nitrogens with one attached hydrogen (secondary N) is 1. The van der Waals surface area contributed by atoms with Gasteiger partial charge in [0.15, 0.2) is 0 Å². The predicted octanol–water partition coefficient (Wildman–Crippen LogP) is 4.19. The molecule has 0 spiro atoms. The van der Waals surface area contributed by atoms with Crippen molar-refractivity contribution in [1.82, 2.24) is 19.6 Å². The van der Waals surface area contributed by atoms with Crippen LogP contribution in [0.2, 0.25) is 5.02 Å². The normalized spacial score (nSPS) is 15.1. The lowest BCUT2D eigenvalue weighted by atomic mass is 9.96. The van der Waals surface area contributed by atoms with Crippen molar-refractivity contribution < 1.29 is 22.8 Å². The number of piperidine rings is 1. The van der Waals surface area contributed by atoms with Gasteiger partial charge in [-0.1, -0.05) is 11.6 Å². The van der Waals surface area contributed by atoms with Crippen LogP contribution < -0.4 is 5.32 Å². The number of carbonyl (C=O) groups is 2. The monoisotopic (exact) mass is 457 g/mol. The highest BCUT2D eigenvalue weighted by atomic mass is 35.5. The topological polar surface area (TPSA) is 70.5 Å². The molecule has 1 N–H and O–H groups in total. The number of anilines is 1. The molecule has 3 rings (SSSR count). The first kappa shape index (κ1) is 22.9. The third-order valence-corrected chi connectivity index (χ3v) is 5.42. The van der Waals surface area contributed by atoms with E-state index in [-0.39, 0.29) is 34.4 Å². The van der Waals surface area contributed by atoms with Crippen molar-refractivity contribution >= 4 is 29.4 Å². The fourth-order valence-electron chi connectivity index (χ4n) is 3.47. The van der Waals surface area contributed by atoms with Crippen molar-refractivity contribution in [2.45, 2.75) is 25.9 Å². The Hall–Kier alpha value is -2.75. The van der Waals surface area contributed by atoms with E-state index in [2.05, 4.69) is 10.4 Å². The third kappa shape index (κ3) is 5.12. The molecule has 3 amide bonds. The van der Waals surface area contributed by atoms with Crippen LogP contribution in [0.5, 0.6) is 0 Å². The molecule has 31 heavy (non-hydrogen) atoms. The molecule has 1 aromatic heterocycles. The summed E-state index contributed by atoms with van der Waals surface area (Å²) in [5.74, 6) is -0.372. The van der Waals surface area contributed by atoms with Gasteiger partial charge in [0.25, 0.3) is 0 Å². The molecule has 1 aliphatic heterocycles. The van der Waals surface area contributed by atoms with Crippen LogP contribution in [-0.2, 0) is 11.0 Å². The van der Waals surface area contributed by atoms with Gasteiger partial charge in [-0.2, -0.15) is 18.3 Å². The Kier molecular flexibility index (Phi) is 6.49. The number of hydrogen-bond acceptors (Lipinski definition) is 3. The summed E-state index contributed by atoms with van der Waals surface area (Å²) in [5.41, 5.74) is -0.336. The molecule has 0 unspecified atom stereocenters. The first-order valence-corrected chi connectivity index (χ1v) is 10.1. The van der Waals surface area contributed by atoms with E-state index in [0.29, 0.717) is 31.6 Å². The fraction of sp³-hybridized carbons (Fsp3) is 0.450. The van der Waals surface area contributed by atoms with E-state index in [1.54, 1.807) is 32.0 Å². The van der Waals surface area contributed by atoms with Crippen LogP contribution in [-0.4, -0.2) is 58.7 Å². The van der Waals surface area contributed by atoms with Gasteiger partial charge >= 0.3 is 12.2 Å². The molecule has 168 valence electrons. The van der Waals surface area contributed by atoms with Crippen LogP contribution >= 0.6 is 11.6 Å². The maximum Gasteiger partial charge on any atom is 0.416 e. The average molecular weight is 458 g/mol. The largest absolute Gasteiger partial charge is 0.416 e. The van der Waals surface area contributed by atoms with E-state index in [4.69, 9.17) is 11.6 Å². The van der Waals surface area contributed by atoms with Crippen LogP contribution in [0.25, 0.3) is 5.69 Å². The van der Waals surface area contributed by atoms with Gasteiger partial charge < -0.3 is 15.1 Å². The van der Waals surface area contributed by atoms with Gasteiger partial charge in [-0.25, -0.2) is 9.48 Å². The number of aryl methyl sites for hydroxylation is 1. The summed E-state index contributed by atoms with van der Waals surface area (Å²) in [7, 11) is 3.34. The van der Waals surface area contributed by atoms with Gasteiger partial charge in [0, 0.05) is 39.2 Å². The summed E-state index contributed by atoms with van der Waals surface area (Å²) < 4.78 is 40.6. The number of benzene rings is 1. The molecule has 1 saturated heterocycles. The van der Waals surface area contributed by atoms with Crippen LogP contribution in [0.1, 0.15) is 24.1 Å². The van der Waals surface area contributed by atoms with Crippen molar-refractivity contribution in [1.29, 1.82) is 0 Å². The van der Waals surface area contributed by atoms with E-state index in [9.17, 15) is 22.8 Å². The molecule has 1 aliphatic rings. The quantitative estimate of drug-likeness (QED) is 0.751. The Labute approximate surface area is 182 Å². The predicted molar refractivity (Wildman–Crippen MR) is 110 cm³/mol. The lowest BCUT2D eigenvalue weighted by Crippen LogP contribution is -2.45. The Balaban J connectivity index is 1.78. The lowest BCUT2D eigenvalue weighted by molar-refractivity contribution is -0.137. The summed E-state index contributed by atoms with van der Waals surface area (Å²) in [6.07, 6.45) is -3.56. The minimum atomic E-state index is -4.54. The zero-order valence-corrected chi connectivity index (χ0v) is 18.1. The summed E-state index contributed by atoms with van der Waals surface area (Å²) in [4.78, 5) is 28.0. The van der Waals surface area contributed by atoms with Gasteiger partial charge in [-0.05, 0) is 38.0 Å². The zero-order valence-electron chi connectivity index (χ0n) is 17.3. The van der Waals surface area contributed by atoms with Crippen molar-refractivity contribution in [3.05, 3.63) is 40.5 Å². The molecule has 0 atom stereocenters. The highest BCUT2D eigenvalue weighted by molar-refractivity contribution is 6.32. The number of halogens is 4. The SMILES string of the molecule is Cc1cc(NC(=O)C2CCN(C(=O)N(C)C)CC2)n(-c2cc(C(F)(F)F)ccc2Cl)n1. The first-order valence-electron chi connectivity index (χ1n) is 9.68. The zero-order chi connectivity index (χ0) is 22.9. The van der Waals surface area contributed by atoms with Crippen LogP contribution in [0.3, 0.4) is 0 Å². The van der Waals surface area contributed by atoms with Crippen molar-refractivity contribution in [2.24, 2.45) is 5.92 Å². The van der Waals surface area contributed by atoms with Crippen LogP contribution in [0.4, 0.5) is 23.8 Å². The van der Waals surface area contributed by atoms with E-state index in [1.807, 2.05) is 0 Å². The first-order chi connectivity index (χ1) is 14.5. The van der Waals surface area contributed by atoms with E-state index < -0.39 is 11.7 Å². The number of amides is 3. The second kappa shape index (κ2) is 8.78. The number of aromatic nitrogens is 2. The number of nitrogens with zero attached hydrogens (tertiary/aromatic N) is 4. The van der Waals surface area contributed by atoms with E-state index in [0.717, 1.165) is 18.2 Å². The van der Waals surface area contributed by atoms with Crippen molar-refractivity contribution in [3.63, 3.8) is 0 Å². The number of alkyl halides is 3. The highest BCUT2D eigenvalue weighted by Crippen LogP contribution is 2.34. The molecule has 0 saturated carbocycles. The average Bonchev–Trinajstić information content (AvgIpc) is 3.06. The Morgan fingerprint density at radius 2 is 1.84 bits per heavy atom. The second-order valence-electron chi connectivity index (χ2n) is 7.67. The number of carbonyl (C=O) groups excluding carboxylic acids is 2. The smallest absolute Gasteiger partial charge is 0.331 e. The molecular weight excluding hydrogens is 435 g/mol. The third-order valence-electron chi connectivity index (χ3n) is 5.10. The summed E-state index contributed by atoms with van der Waals surface area (Å²) >= 11 is 6.14. The van der Waals surface area contributed by atoms with Crippen molar-refractivity contribution in [3.8, 4) is 5.69 Å². The van der Waals surface area contributed by atoms with Gasteiger partial charge in [-0.3, -0.25) is 4.79 Å². The highest BCUT2D eigenvalue weighted by Gasteiger charge is 2.32. The second-order valence-corrected chi connectivity index (χ2v) is 8.08. The van der Waals surface area contributed by atoms with E-state index >= 15 is 0 Å². The standard InChI is InChI=1S/C20H23ClF3N5O2/c1-12-10-17(25-18(30)13-6-8-28(9-7-13)19(31)27(2)3)29(26-12)16-11-14(20(22,23)24)4-5-15(16)21/h4-5,10-11,13H,6-9H2,1-3H3,(H,25,30). The molecule has 7 nitrogen and oxygen atoms in total. The summed E-state index contributed by atoms with van der Waals surface area (Å²) in [6.45, 7) is 2.57. The molecule has 1 fully saturated rings. The molecule has 0 aliphatic carbocycles. The van der Waals surface area contributed by atoms with Crippen LogP contribution in [0.15, 0.2) is 24.3 Å². The van der Waals surface area contributed by atoms with Crippen molar-refractivity contribution in [2.75, 3.05) is 32.5 Å². The van der Waals surface area contributed by atoms with Crippen LogP contribution in [0, 0.1) is 12.8 Å². The lowest BCUT2D eigenvalue weighted by Gasteiger charge is -2.33. The maximum absolute atomic E-state index is 13.1. The molecule has 2 heterocycles. The Bertz CT molecular complexity index is 982. The number of hydrogen-bond donors (Lipinski definition) is 1. The molecule has 0 bridgehead atoms. The Morgan fingerprint density at radius 3 is 2.42 bits per heavy atom. The number of rotatable bonds is 3. The van der Waals surface area contributed by atoms with E-state index in [1.165, 1.54) is 9.58 Å². The summed E-state index contributed by atoms with van der Waals surface area (Å²) in [5, 5.41) is 7.04. The maximum atomic E-state index is 13.1. The van der Waals surface area contributed by atoms with Gasteiger partial charge in [0.05, 0.1) is 22.0 Å². The number of urea groups is 1.